The van der Waals surface area contributed by atoms with Gasteiger partial charge in [0.25, 0.3) is 0 Å². The van der Waals surface area contributed by atoms with Gasteiger partial charge in [0, 0.05) is 135 Å². The van der Waals surface area contributed by atoms with E-state index in [4.69, 9.17) is 0 Å². The molecule has 0 aliphatic heterocycles. The van der Waals surface area contributed by atoms with E-state index in [9.17, 15) is 0 Å². The molecule has 0 saturated heterocycles. The van der Waals surface area contributed by atoms with Crippen LogP contribution in [0.2, 0.25) is 0 Å². The monoisotopic (exact) mass is 1870 g/mol. The normalized spacial score (nSPS) is 11.9. The lowest BCUT2D eigenvalue weighted by atomic mass is 9.84. The maximum absolute atomic E-state index is 4.58. The number of benzene rings is 5. The molecule has 0 bridgehead atoms. The maximum Gasteiger partial charge on any atom is 0.159 e. The van der Waals surface area contributed by atoms with Gasteiger partial charge in [-0.15, -0.1) is 0 Å². The van der Waals surface area contributed by atoms with Gasteiger partial charge in [0.15, 0.2) is 11.3 Å². The minimum Gasteiger partial charge on any atom is -0.256 e. The molecule has 0 aliphatic carbocycles. The lowest BCUT2D eigenvalue weighted by molar-refractivity contribution is 0.571. The number of aryl methyl sites for hydroxylation is 1. The molecule has 15 heteroatoms. The summed E-state index contributed by atoms with van der Waals surface area (Å²) in [5.74, 6) is 0. The van der Waals surface area contributed by atoms with Gasteiger partial charge < -0.3 is 0 Å². The molecule has 0 fully saturated rings. The van der Waals surface area contributed by atoms with Crippen molar-refractivity contribution < 1.29 is 0 Å². The zero-order valence-corrected chi connectivity index (χ0v) is 89.4. The first-order valence-electron chi connectivity index (χ1n) is 49.0. The average Bonchev–Trinajstić information content (AvgIpc) is 0.810. The molecule has 0 radical (unpaired) electrons. The van der Waals surface area contributed by atoms with Crippen molar-refractivity contribution in [3.63, 3.8) is 0 Å². The smallest absolute Gasteiger partial charge is 0.159 e. The molecule has 0 saturated carbocycles. The summed E-state index contributed by atoms with van der Waals surface area (Å²) in [5.41, 5.74) is 28.4. The Hall–Kier alpha value is -14.1. The van der Waals surface area contributed by atoms with Crippen molar-refractivity contribution in [2.24, 2.45) is 0 Å². The van der Waals surface area contributed by atoms with Crippen LogP contribution in [0.3, 0.4) is 0 Å². The van der Waals surface area contributed by atoms with E-state index in [0.29, 0.717) is 0 Å². The van der Waals surface area contributed by atoms with Crippen LogP contribution < -0.4 is 0 Å². The first-order chi connectivity index (χ1) is 66.2. The summed E-state index contributed by atoms with van der Waals surface area (Å²) in [6.07, 6.45) is 24.0. The second-order valence-electron chi connectivity index (χ2n) is 46.1. The second-order valence-corrected chi connectivity index (χ2v) is 46.1. The van der Waals surface area contributed by atoms with Crippen LogP contribution in [0.25, 0.3) is 110 Å². The van der Waals surface area contributed by atoms with Gasteiger partial charge >= 0.3 is 0 Å². The number of pyridine rings is 15. The topological polar surface area (TPSA) is 193 Å². The van der Waals surface area contributed by atoms with Gasteiger partial charge in [0.05, 0.1) is 60.7 Å². The van der Waals surface area contributed by atoms with Crippen molar-refractivity contribution in [3.05, 3.63) is 391 Å². The molecular formula is C126H147N15. The third-order valence-corrected chi connectivity index (χ3v) is 24.0. The van der Waals surface area contributed by atoms with E-state index in [0.717, 1.165) is 94.1 Å². The summed E-state index contributed by atoms with van der Waals surface area (Å²) in [5, 5.41) is 8.52. The largest absolute Gasteiger partial charge is 0.256 e. The minimum absolute atomic E-state index is 0.101. The average molecular weight is 1870 g/mol. The van der Waals surface area contributed by atoms with Gasteiger partial charge in [-0.3, -0.25) is 54.8 Å². The molecule has 20 rings (SSSR count). The first kappa shape index (κ1) is 107. The second kappa shape index (κ2) is 45.5. The van der Waals surface area contributed by atoms with Crippen LogP contribution in [0.1, 0.15) is 269 Å². The molecule has 15 nitrogen and oxygen atoms in total. The molecule has 141 heavy (non-hydrogen) atoms. The van der Waals surface area contributed by atoms with E-state index in [1.807, 2.05) is 154 Å². The van der Waals surface area contributed by atoms with Crippen LogP contribution in [0, 0.1) is 6.92 Å². The quantitative estimate of drug-likeness (QED) is 0.139. The van der Waals surface area contributed by atoms with Crippen LogP contribution in [0.4, 0.5) is 0 Å². The SMILES string of the molecule is CC(C)(C)c1ccc2ncccc2n1.CC(C)(C)c1cccc2cccnc12.CC(C)(C)c1cccc2ncccc12.CC(C)(C)c1cccc2ncccc12.CC(C)(C)c1ccnc2cccnc12.CC(C)(C)c1ccnc2ncccc12.CC(C)(C)c1cnc2ccccc2c1.CC(C)(C)c1cnc2cccnc2c1.CC(C)(C)c1cnc2ncccc2c1.Cc1ccc2c(C(C)(C)C)cccc2n1. The molecule has 15 heterocycles. The zero-order chi connectivity index (χ0) is 103. The number of aromatic nitrogens is 15. The molecule has 0 N–H and O–H groups in total. The predicted molar refractivity (Wildman–Crippen MR) is 598 cm³/mol. The summed E-state index contributed by atoms with van der Waals surface area (Å²) in [7, 11) is 0. The highest BCUT2D eigenvalue weighted by Crippen LogP contribution is 2.36. The van der Waals surface area contributed by atoms with Gasteiger partial charge in [0.2, 0.25) is 0 Å². The first-order valence-corrected chi connectivity index (χ1v) is 49.0. The van der Waals surface area contributed by atoms with Gasteiger partial charge in [-0.2, -0.15) is 0 Å². The van der Waals surface area contributed by atoms with E-state index in [1.54, 1.807) is 24.8 Å². The maximum atomic E-state index is 4.58. The summed E-state index contributed by atoms with van der Waals surface area (Å²) in [6.45, 7) is 68.2. The zero-order valence-electron chi connectivity index (χ0n) is 89.4. The van der Waals surface area contributed by atoms with Gasteiger partial charge in [0.1, 0.15) is 0 Å². The van der Waals surface area contributed by atoms with Crippen LogP contribution in [0.5, 0.6) is 0 Å². The number of fused-ring (bicyclic) bond motifs is 10. The molecule has 726 valence electrons. The van der Waals surface area contributed by atoms with Crippen LogP contribution in [-0.2, 0) is 54.1 Å². The van der Waals surface area contributed by atoms with E-state index in [2.05, 4.69) is 440 Å². The minimum atomic E-state index is 0.101. The molecule has 0 spiro atoms. The number of hydrogen-bond donors (Lipinski definition) is 0. The Morgan fingerprint density at radius 3 is 1.06 bits per heavy atom. The standard InChI is InChI=1S/C14H17N.4C13H15N.5C12H14N2/c1-10-8-9-11-12(14(2,3)4)6-5-7-13(11)15-10;2*1-13(2,3)11-7-4-8-12-10(11)6-5-9-14-12;1-13(2,3)11-8-4-6-10-7-5-9-14-12(10)11;1-13(2,3)11-8-10-6-4-5-7-12(10)14-9-11;1-12(2,3)11-7-6-9-10(14-11)5-4-8-13-9;1-12(2,3)9-6-8-13-10-5-4-7-14-11(9)10;1-12(2,3)10-6-8-14-11-9(10)5-4-7-13-11;1-12(2,3)9-7-11-10(14-8-9)5-4-6-13-11;1-12(2,3)10-7-9-5-4-6-13-11(9)14-8-10/h5-9H,1-4H3;4*4-9H,1-3H3;5*4-8H,1-3H3. The van der Waals surface area contributed by atoms with E-state index < -0.39 is 0 Å². The van der Waals surface area contributed by atoms with Crippen molar-refractivity contribution in [1.29, 1.82) is 0 Å². The summed E-state index contributed by atoms with van der Waals surface area (Å²) in [4.78, 5) is 65.4. The fraction of sp³-hybridized carbons (Fsp3) is 0.325. The number of para-hydroxylation sites is 2. The van der Waals surface area contributed by atoms with Crippen molar-refractivity contribution in [2.45, 2.75) is 269 Å². The predicted octanol–water partition coefficient (Wildman–Crippen LogP) is 32.6. The highest BCUT2D eigenvalue weighted by molar-refractivity contribution is 5.87. The third-order valence-electron chi connectivity index (χ3n) is 24.0. The van der Waals surface area contributed by atoms with Crippen LogP contribution >= 0.6 is 0 Å². The van der Waals surface area contributed by atoms with Crippen molar-refractivity contribution in [3.8, 4) is 0 Å². The molecule has 0 amide bonds. The lowest BCUT2D eigenvalue weighted by Gasteiger charge is -2.21. The van der Waals surface area contributed by atoms with Crippen molar-refractivity contribution >= 4 is 110 Å². The van der Waals surface area contributed by atoms with Gasteiger partial charge in [-0.05, 0) is 257 Å². The molecule has 15 aromatic heterocycles. The Balaban J connectivity index is 0.000000150. The number of nitrogens with zero attached hydrogens (tertiary/aromatic N) is 15. The van der Waals surface area contributed by atoms with Gasteiger partial charge in [-0.25, -0.2) is 19.9 Å². The molecular weight excluding hydrogens is 1720 g/mol. The summed E-state index contributed by atoms with van der Waals surface area (Å²) < 4.78 is 0. The molecule has 20 aromatic rings. The summed E-state index contributed by atoms with van der Waals surface area (Å²) >= 11 is 0. The number of rotatable bonds is 0. The third kappa shape index (κ3) is 30.0. The summed E-state index contributed by atoms with van der Waals surface area (Å²) in [6, 6.07) is 84.7. The van der Waals surface area contributed by atoms with Crippen LogP contribution in [0.15, 0.2) is 329 Å². The van der Waals surface area contributed by atoms with Crippen LogP contribution in [-0.4, -0.2) is 74.8 Å². The highest BCUT2D eigenvalue weighted by Gasteiger charge is 2.25. The Kier molecular flexibility index (Phi) is 34.6. The fourth-order valence-corrected chi connectivity index (χ4v) is 16.0. The van der Waals surface area contributed by atoms with E-state index >= 15 is 0 Å². The Bertz CT molecular complexity index is 6630. The Labute approximate surface area is 838 Å². The Morgan fingerprint density at radius 2 is 0.511 bits per heavy atom. The fourth-order valence-electron chi connectivity index (χ4n) is 16.0. The Morgan fingerprint density at radius 1 is 0.170 bits per heavy atom. The highest BCUT2D eigenvalue weighted by atomic mass is 14.8. The molecule has 5 aromatic carbocycles. The van der Waals surface area contributed by atoms with Crippen molar-refractivity contribution in [1.82, 2.24) is 74.8 Å². The molecule has 0 unspecified atom stereocenters. The van der Waals surface area contributed by atoms with Crippen molar-refractivity contribution in [2.75, 3.05) is 0 Å². The number of hydrogen-bond acceptors (Lipinski definition) is 15. The van der Waals surface area contributed by atoms with E-state index in [1.165, 1.54) is 77.0 Å². The molecule has 0 aliphatic rings. The van der Waals surface area contributed by atoms with Gasteiger partial charge in [-0.1, -0.05) is 305 Å². The lowest BCUT2D eigenvalue weighted by Crippen LogP contribution is -2.13. The van der Waals surface area contributed by atoms with E-state index in [-0.39, 0.29) is 54.1 Å². The molecule has 0 atom stereocenters.